The first kappa shape index (κ1) is 12.5. The van der Waals surface area contributed by atoms with Crippen LogP contribution >= 0.6 is 0 Å². The smallest absolute Gasteiger partial charge is 0.166 e. The van der Waals surface area contributed by atoms with Gasteiger partial charge in [0.1, 0.15) is 0 Å². The van der Waals surface area contributed by atoms with E-state index in [-0.39, 0.29) is 0 Å². The van der Waals surface area contributed by atoms with Gasteiger partial charge in [0.15, 0.2) is 0 Å². The molecule has 5 heteroatoms. The number of halogens is 3. The lowest BCUT2D eigenvalue weighted by atomic mass is 9.97. The molecule has 18 heavy (non-hydrogen) atoms. The molecule has 1 heterocycles. The van der Waals surface area contributed by atoms with Crippen LogP contribution in [0.1, 0.15) is 18.1 Å². The average Bonchev–Trinajstić information content (AvgIpc) is 2.38. The zero-order valence-corrected chi connectivity index (χ0v) is 9.70. The first-order chi connectivity index (χ1) is 8.52. The highest BCUT2D eigenvalue weighted by molar-refractivity contribution is 5.67. The molecule has 2 aromatic rings. The van der Waals surface area contributed by atoms with Gasteiger partial charge in [0, 0.05) is 5.56 Å². The molecule has 2 rings (SSSR count). The van der Waals surface area contributed by atoms with Gasteiger partial charge in [0.2, 0.25) is 0 Å². The molecule has 1 aromatic heterocycles. The number of rotatable bonds is 2. The molecule has 0 bridgehead atoms. The summed E-state index contributed by atoms with van der Waals surface area (Å²) in [6.07, 6.45) is -0.735. The third-order valence-corrected chi connectivity index (χ3v) is 2.71. The van der Waals surface area contributed by atoms with E-state index in [1.807, 2.05) is 6.92 Å². The topological polar surface area (TPSA) is 25.8 Å². The van der Waals surface area contributed by atoms with E-state index in [4.69, 9.17) is 0 Å². The summed E-state index contributed by atoms with van der Waals surface area (Å²) in [5.74, 6) is 0. The molecule has 0 saturated carbocycles. The molecule has 1 aromatic carbocycles. The molecule has 0 spiro atoms. The molecular formula is C13H11F3N2. The second-order valence-corrected chi connectivity index (χ2v) is 3.85. The second-order valence-electron chi connectivity index (χ2n) is 3.85. The number of alkyl halides is 3. The van der Waals surface area contributed by atoms with Crippen LogP contribution in [0.3, 0.4) is 0 Å². The number of aromatic nitrogens is 2. The van der Waals surface area contributed by atoms with E-state index in [0.717, 1.165) is 17.7 Å². The molecule has 0 N–H and O–H groups in total. The fraction of sp³-hybridized carbons (Fsp3) is 0.231. The molecule has 2 nitrogen and oxygen atoms in total. The highest BCUT2D eigenvalue weighted by Crippen LogP contribution is 2.33. The molecule has 0 aliphatic carbocycles. The standard InChI is InChI=1S/C13H11F3N2/c1-2-9-3-4-11(13(14,15)16)7-12(9)10-5-6-17-18-8-10/h3-8H,2H2,1H3. The summed E-state index contributed by atoms with van der Waals surface area (Å²) in [5.41, 5.74) is 1.41. The molecule has 0 radical (unpaired) electrons. The minimum absolute atomic E-state index is 0.558. The van der Waals surface area contributed by atoms with Crippen molar-refractivity contribution in [2.45, 2.75) is 19.5 Å². The lowest BCUT2D eigenvalue weighted by Gasteiger charge is -2.12. The van der Waals surface area contributed by atoms with Gasteiger partial charge in [0.25, 0.3) is 0 Å². The Morgan fingerprint density at radius 2 is 1.89 bits per heavy atom. The van der Waals surface area contributed by atoms with Crippen molar-refractivity contribution in [1.82, 2.24) is 10.2 Å². The van der Waals surface area contributed by atoms with Crippen molar-refractivity contribution in [2.24, 2.45) is 0 Å². The van der Waals surface area contributed by atoms with Crippen LogP contribution in [0.15, 0.2) is 36.7 Å². The van der Waals surface area contributed by atoms with Crippen LogP contribution in [0.25, 0.3) is 11.1 Å². The van der Waals surface area contributed by atoms with E-state index in [9.17, 15) is 13.2 Å². The first-order valence-electron chi connectivity index (χ1n) is 5.49. The van der Waals surface area contributed by atoms with Crippen molar-refractivity contribution in [3.05, 3.63) is 47.8 Å². The minimum atomic E-state index is -4.33. The maximum atomic E-state index is 12.7. The van der Waals surface area contributed by atoms with Crippen LogP contribution < -0.4 is 0 Å². The Labute approximate surface area is 102 Å². The highest BCUT2D eigenvalue weighted by Gasteiger charge is 2.30. The van der Waals surface area contributed by atoms with Crippen molar-refractivity contribution in [2.75, 3.05) is 0 Å². The number of nitrogens with zero attached hydrogens (tertiary/aromatic N) is 2. The van der Waals surface area contributed by atoms with Crippen molar-refractivity contribution in [3.8, 4) is 11.1 Å². The second kappa shape index (κ2) is 4.76. The van der Waals surface area contributed by atoms with Crippen molar-refractivity contribution >= 4 is 0 Å². The van der Waals surface area contributed by atoms with Crippen LogP contribution in [-0.4, -0.2) is 10.2 Å². The lowest BCUT2D eigenvalue weighted by Crippen LogP contribution is -2.05. The van der Waals surface area contributed by atoms with E-state index in [1.54, 1.807) is 6.07 Å². The van der Waals surface area contributed by atoms with Crippen LogP contribution in [-0.2, 0) is 12.6 Å². The molecule has 0 aliphatic heterocycles. The summed E-state index contributed by atoms with van der Waals surface area (Å²) in [6, 6.07) is 5.44. The summed E-state index contributed by atoms with van der Waals surface area (Å²) in [4.78, 5) is 0. The normalized spacial score (nSPS) is 11.6. The van der Waals surface area contributed by atoms with Crippen LogP contribution in [0.4, 0.5) is 13.2 Å². The molecule has 0 unspecified atom stereocenters. The van der Waals surface area contributed by atoms with E-state index < -0.39 is 11.7 Å². The Morgan fingerprint density at radius 3 is 2.44 bits per heavy atom. The van der Waals surface area contributed by atoms with Gasteiger partial charge in [-0.1, -0.05) is 13.0 Å². The quantitative estimate of drug-likeness (QED) is 0.814. The lowest BCUT2D eigenvalue weighted by molar-refractivity contribution is -0.137. The SMILES string of the molecule is CCc1ccc(C(F)(F)F)cc1-c1ccnnc1. The number of benzene rings is 1. The molecular weight excluding hydrogens is 241 g/mol. The fourth-order valence-corrected chi connectivity index (χ4v) is 1.78. The van der Waals surface area contributed by atoms with Gasteiger partial charge in [-0.15, -0.1) is 0 Å². The van der Waals surface area contributed by atoms with Crippen molar-refractivity contribution in [3.63, 3.8) is 0 Å². The largest absolute Gasteiger partial charge is 0.416 e. The molecule has 0 fully saturated rings. The monoisotopic (exact) mass is 252 g/mol. The van der Waals surface area contributed by atoms with Crippen LogP contribution in [0.5, 0.6) is 0 Å². The number of aryl methyl sites for hydroxylation is 1. The molecule has 0 atom stereocenters. The highest BCUT2D eigenvalue weighted by atomic mass is 19.4. The van der Waals surface area contributed by atoms with Gasteiger partial charge < -0.3 is 0 Å². The van der Waals surface area contributed by atoms with Gasteiger partial charge in [-0.2, -0.15) is 23.4 Å². The van der Waals surface area contributed by atoms with Gasteiger partial charge >= 0.3 is 6.18 Å². The van der Waals surface area contributed by atoms with Gasteiger partial charge in [-0.25, -0.2) is 0 Å². The maximum absolute atomic E-state index is 12.7. The summed E-state index contributed by atoms with van der Waals surface area (Å²) in [6.45, 7) is 1.90. The average molecular weight is 252 g/mol. The summed E-state index contributed by atoms with van der Waals surface area (Å²) >= 11 is 0. The van der Waals surface area contributed by atoms with Crippen molar-refractivity contribution in [1.29, 1.82) is 0 Å². The van der Waals surface area contributed by atoms with E-state index in [0.29, 0.717) is 17.5 Å². The Kier molecular flexibility index (Phi) is 3.32. The Morgan fingerprint density at radius 1 is 1.11 bits per heavy atom. The molecule has 0 saturated heterocycles. The molecule has 94 valence electrons. The van der Waals surface area contributed by atoms with E-state index >= 15 is 0 Å². The van der Waals surface area contributed by atoms with Gasteiger partial charge in [-0.3, -0.25) is 0 Å². The predicted octanol–water partition coefficient (Wildman–Crippen LogP) is 3.72. The number of hydrogen-bond donors (Lipinski definition) is 0. The fourth-order valence-electron chi connectivity index (χ4n) is 1.78. The van der Waals surface area contributed by atoms with Crippen molar-refractivity contribution < 1.29 is 13.2 Å². The number of hydrogen-bond acceptors (Lipinski definition) is 2. The van der Waals surface area contributed by atoms with Crippen LogP contribution in [0.2, 0.25) is 0 Å². The van der Waals surface area contributed by atoms with Crippen LogP contribution in [0, 0.1) is 0 Å². The zero-order chi connectivity index (χ0) is 13.2. The zero-order valence-electron chi connectivity index (χ0n) is 9.70. The minimum Gasteiger partial charge on any atom is -0.166 e. The third-order valence-electron chi connectivity index (χ3n) is 2.71. The summed E-state index contributed by atoms with van der Waals surface area (Å²) in [5, 5.41) is 7.32. The van der Waals surface area contributed by atoms with Gasteiger partial charge in [-0.05, 0) is 35.7 Å². The van der Waals surface area contributed by atoms with Gasteiger partial charge in [0.05, 0.1) is 18.0 Å². The maximum Gasteiger partial charge on any atom is 0.416 e. The van der Waals surface area contributed by atoms with E-state index in [1.165, 1.54) is 18.5 Å². The molecule has 0 aliphatic rings. The third kappa shape index (κ3) is 2.50. The molecule has 0 amide bonds. The summed E-state index contributed by atoms with van der Waals surface area (Å²) < 4.78 is 38.1. The predicted molar refractivity (Wildman–Crippen MR) is 61.8 cm³/mol. The Balaban J connectivity index is 2.57. The first-order valence-corrected chi connectivity index (χ1v) is 5.49. The Bertz CT molecular complexity index is 536. The Hall–Kier alpha value is -1.91. The van der Waals surface area contributed by atoms with E-state index in [2.05, 4.69) is 10.2 Å². The summed E-state index contributed by atoms with van der Waals surface area (Å²) in [7, 11) is 0.